The Kier molecular flexibility index (Phi) is 3.97. The molecule has 2 aromatic rings. The number of aromatic nitrogens is 1. The molecule has 0 fully saturated rings. The van der Waals surface area contributed by atoms with Gasteiger partial charge in [0.2, 0.25) is 0 Å². The van der Waals surface area contributed by atoms with Crippen molar-refractivity contribution in [2.24, 2.45) is 4.99 Å². The van der Waals surface area contributed by atoms with Gasteiger partial charge in [0.05, 0.1) is 16.8 Å². The van der Waals surface area contributed by atoms with Crippen LogP contribution in [0, 0.1) is 22.8 Å². The topological polar surface area (TPSA) is 84.9 Å². The molecule has 0 radical (unpaired) electrons. The summed E-state index contributed by atoms with van der Waals surface area (Å²) >= 11 is 1.31. The molecular weight excluding hydrogens is 258 g/mol. The number of hydrogen-bond acceptors (Lipinski definition) is 5. The molecule has 1 aromatic carbocycles. The second-order valence-electron chi connectivity index (χ2n) is 3.50. The monoisotopic (exact) mass is 267 g/mol. The lowest BCUT2D eigenvalue weighted by atomic mass is 10.1. The van der Waals surface area contributed by atoms with E-state index in [1.54, 1.807) is 30.7 Å². The number of nitrogens with zero attached hydrogens (tertiary/aromatic N) is 4. The van der Waals surface area contributed by atoms with Crippen LogP contribution in [0.15, 0.2) is 35.5 Å². The second kappa shape index (κ2) is 5.85. The number of rotatable bonds is 1. The van der Waals surface area contributed by atoms with Crippen LogP contribution in [0.3, 0.4) is 0 Å². The molecule has 0 saturated carbocycles. The van der Waals surface area contributed by atoms with E-state index >= 15 is 0 Å². The highest BCUT2D eigenvalue weighted by atomic mass is 32.2. The number of thioether (sulfide) groups is 1. The molecule has 1 heterocycles. The molecule has 1 N–H and O–H groups in total. The van der Waals surface area contributed by atoms with Crippen molar-refractivity contribution in [2.45, 2.75) is 0 Å². The zero-order chi connectivity index (χ0) is 13.7. The molecule has 0 aliphatic heterocycles. The van der Waals surface area contributed by atoms with Gasteiger partial charge in [-0.25, -0.2) is 4.99 Å². The fraction of sp³-hybridized carbons (Fsp3) is 0.0769. The molecule has 0 amide bonds. The normalized spacial score (nSPS) is 10.8. The van der Waals surface area contributed by atoms with Crippen LogP contribution in [0.4, 0.5) is 5.69 Å². The molecule has 0 aliphatic rings. The Labute approximate surface area is 114 Å². The average Bonchev–Trinajstić information content (AvgIpc) is 2.46. The number of nitrogens with one attached hydrogen (secondary N) is 1. The summed E-state index contributed by atoms with van der Waals surface area (Å²) < 4.78 is 0. The van der Waals surface area contributed by atoms with Crippen molar-refractivity contribution in [1.82, 2.24) is 10.3 Å². The quantitative estimate of drug-likeness (QED) is 0.371. The van der Waals surface area contributed by atoms with Crippen molar-refractivity contribution in [1.29, 1.82) is 10.5 Å². The van der Waals surface area contributed by atoms with E-state index in [0.717, 1.165) is 10.9 Å². The SMILES string of the molecule is CSC(=Nc1ccc2ncccc2c1C#N)NC#N. The van der Waals surface area contributed by atoms with E-state index in [-0.39, 0.29) is 0 Å². The second-order valence-corrected chi connectivity index (χ2v) is 4.29. The lowest BCUT2D eigenvalue weighted by Crippen LogP contribution is -2.12. The molecule has 0 unspecified atom stereocenters. The number of benzene rings is 1. The smallest absolute Gasteiger partial charge is 0.183 e. The number of hydrogen-bond donors (Lipinski definition) is 1. The Morgan fingerprint density at radius 3 is 2.89 bits per heavy atom. The summed E-state index contributed by atoms with van der Waals surface area (Å²) in [5, 5.41) is 21.6. The Balaban J connectivity index is 2.62. The third-order valence-electron chi connectivity index (χ3n) is 2.45. The van der Waals surface area contributed by atoms with Crippen molar-refractivity contribution in [3.63, 3.8) is 0 Å². The third kappa shape index (κ3) is 2.65. The molecular formula is C13H9N5S. The standard InChI is InChI=1S/C13H9N5S/c1-19-13(17-8-15)18-12-5-4-11-9(10(12)7-14)3-2-6-16-11/h2-6H,1H3,(H,17,18). The van der Waals surface area contributed by atoms with Gasteiger partial charge in [-0.3, -0.25) is 10.3 Å². The van der Waals surface area contributed by atoms with Gasteiger partial charge >= 0.3 is 0 Å². The van der Waals surface area contributed by atoms with Crippen LogP contribution in [0.1, 0.15) is 5.56 Å². The van der Waals surface area contributed by atoms with Gasteiger partial charge in [-0.2, -0.15) is 10.5 Å². The summed E-state index contributed by atoms with van der Waals surface area (Å²) in [7, 11) is 0. The van der Waals surface area contributed by atoms with Gasteiger partial charge in [-0.15, -0.1) is 0 Å². The lowest BCUT2D eigenvalue weighted by Gasteiger charge is -2.04. The molecule has 2 rings (SSSR count). The highest BCUT2D eigenvalue weighted by molar-refractivity contribution is 8.13. The Bertz CT molecular complexity index is 724. The van der Waals surface area contributed by atoms with Gasteiger partial charge < -0.3 is 0 Å². The largest absolute Gasteiger partial charge is 0.271 e. The van der Waals surface area contributed by atoms with Gasteiger partial charge in [0, 0.05) is 11.6 Å². The highest BCUT2D eigenvalue weighted by Crippen LogP contribution is 2.27. The molecule has 19 heavy (non-hydrogen) atoms. The van der Waals surface area contributed by atoms with Gasteiger partial charge in [-0.05, 0) is 30.5 Å². The van der Waals surface area contributed by atoms with Crippen molar-refractivity contribution >= 4 is 33.5 Å². The maximum Gasteiger partial charge on any atom is 0.183 e. The summed E-state index contributed by atoms with van der Waals surface area (Å²) in [6.45, 7) is 0. The fourth-order valence-electron chi connectivity index (χ4n) is 1.63. The van der Waals surface area contributed by atoms with Crippen LogP contribution in [0.2, 0.25) is 0 Å². The van der Waals surface area contributed by atoms with E-state index in [2.05, 4.69) is 21.4 Å². The predicted molar refractivity (Wildman–Crippen MR) is 75.8 cm³/mol. The molecule has 0 bridgehead atoms. The summed E-state index contributed by atoms with van der Waals surface area (Å²) in [4.78, 5) is 8.48. The Morgan fingerprint density at radius 2 is 2.21 bits per heavy atom. The van der Waals surface area contributed by atoms with E-state index in [1.807, 2.05) is 12.3 Å². The molecule has 92 valence electrons. The van der Waals surface area contributed by atoms with Gasteiger partial charge in [-0.1, -0.05) is 11.8 Å². The average molecular weight is 267 g/mol. The molecule has 0 saturated heterocycles. The van der Waals surface area contributed by atoms with E-state index in [9.17, 15) is 5.26 Å². The number of nitriles is 2. The molecule has 0 atom stereocenters. The minimum atomic E-state index is 0.447. The Hall–Kier alpha value is -2.57. The summed E-state index contributed by atoms with van der Waals surface area (Å²) in [6, 6.07) is 9.28. The van der Waals surface area contributed by atoms with Gasteiger partial charge in [0.25, 0.3) is 0 Å². The van der Waals surface area contributed by atoms with E-state index in [1.165, 1.54) is 11.8 Å². The number of fused-ring (bicyclic) bond motifs is 1. The van der Waals surface area contributed by atoms with Crippen LogP contribution in [0.25, 0.3) is 10.9 Å². The first-order valence-corrected chi connectivity index (χ1v) is 6.58. The molecule has 0 aliphatic carbocycles. The van der Waals surface area contributed by atoms with E-state index < -0.39 is 0 Å². The van der Waals surface area contributed by atoms with Crippen molar-refractivity contribution in [3.8, 4) is 12.3 Å². The van der Waals surface area contributed by atoms with Crippen molar-refractivity contribution in [2.75, 3.05) is 6.26 Å². The maximum absolute atomic E-state index is 9.29. The molecule has 5 nitrogen and oxygen atoms in total. The summed E-state index contributed by atoms with van der Waals surface area (Å²) in [5.41, 5.74) is 1.73. The van der Waals surface area contributed by atoms with Gasteiger partial charge in [0.1, 0.15) is 6.07 Å². The third-order valence-corrected chi connectivity index (χ3v) is 3.03. The van der Waals surface area contributed by atoms with E-state index in [4.69, 9.17) is 5.26 Å². The van der Waals surface area contributed by atoms with E-state index in [0.29, 0.717) is 16.4 Å². The van der Waals surface area contributed by atoms with Crippen molar-refractivity contribution in [3.05, 3.63) is 36.0 Å². The molecule has 1 aromatic heterocycles. The number of amidine groups is 1. The Morgan fingerprint density at radius 1 is 1.37 bits per heavy atom. The van der Waals surface area contributed by atoms with Crippen LogP contribution >= 0.6 is 11.8 Å². The van der Waals surface area contributed by atoms with Gasteiger partial charge in [0.15, 0.2) is 11.4 Å². The van der Waals surface area contributed by atoms with Crippen molar-refractivity contribution < 1.29 is 0 Å². The number of pyridine rings is 1. The minimum absolute atomic E-state index is 0.447. The first-order valence-electron chi connectivity index (χ1n) is 5.35. The zero-order valence-electron chi connectivity index (χ0n) is 10.1. The van der Waals surface area contributed by atoms with Crippen LogP contribution < -0.4 is 5.32 Å². The minimum Gasteiger partial charge on any atom is -0.271 e. The number of aliphatic imine (C=N–C) groups is 1. The molecule has 0 spiro atoms. The van der Waals surface area contributed by atoms with Crippen LogP contribution in [-0.2, 0) is 0 Å². The summed E-state index contributed by atoms with van der Waals surface area (Å²) in [5.74, 6) is 0. The zero-order valence-corrected chi connectivity index (χ0v) is 10.9. The highest BCUT2D eigenvalue weighted by Gasteiger charge is 2.08. The predicted octanol–water partition coefficient (Wildman–Crippen LogP) is 2.53. The maximum atomic E-state index is 9.29. The summed E-state index contributed by atoms with van der Waals surface area (Å²) in [6.07, 6.45) is 5.30. The van der Waals surface area contributed by atoms with Crippen LogP contribution in [0.5, 0.6) is 0 Å². The molecule has 6 heteroatoms. The fourth-order valence-corrected chi connectivity index (χ4v) is 1.97. The lowest BCUT2D eigenvalue weighted by molar-refractivity contribution is 1.28. The first kappa shape index (κ1) is 12.9. The first-order chi connectivity index (χ1) is 9.30. The van der Waals surface area contributed by atoms with Crippen LogP contribution in [-0.4, -0.2) is 16.4 Å².